The third-order valence-electron chi connectivity index (χ3n) is 7.70. The molecule has 1 aliphatic carbocycles. The SMILES string of the molecule is O=C(C1CCCCC1)N(CCN1CCC(c2c[nH]c3cc(F)ccc23)CC1)c1ccc(F)cc1. The van der Waals surface area contributed by atoms with Crippen LogP contribution in [0, 0.1) is 17.6 Å². The van der Waals surface area contributed by atoms with Crippen molar-refractivity contribution in [3.05, 3.63) is 65.9 Å². The van der Waals surface area contributed by atoms with E-state index >= 15 is 0 Å². The molecule has 5 rings (SSSR count). The molecule has 1 amide bonds. The summed E-state index contributed by atoms with van der Waals surface area (Å²) < 4.78 is 27.1. The van der Waals surface area contributed by atoms with Gasteiger partial charge < -0.3 is 14.8 Å². The minimum atomic E-state index is -0.282. The summed E-state index contributed by atoms with van der Waals surface area (Å²) in [6, 6.07) is 11.3. The number of aromatic amines is 1. The number of aromatic nitrogens is 1. The van der Waals surface area contributed by atoms with Crippen LogP contribution in [0.3, 0.4) is 0 Å². The number of halogens is 2. The van der Waals surface area contributed by atoms with Gasteiger partial charge in [0.05, 0.1) is 0 Å². The van der Waals surface area contributed by atoms with Crippen molar-refractivity contribution in [2.24, 2.45) is 5.92 Å². The van der Waals surface area contributed by atoms with Gasteiger partial charge in [0.15, 0.2) is 0 Å². The normalized spacial score (nSPS) is 18.4. The lowest BCUT2D eigenvalue weighted by molar-refractivity contribution is -0.123. The summed E-state index contributed by atoms with van der Waals surface area (Å²) in [6.07, 6.45) is 9.45. The Labute approximate surface area is 199 Å². The van der Waals surface area contributed by atoms with Crippen LogP contribution in [0.4, 0.5) is 14.5 Å². The van der Waals surface area contributed by atoms with E-state index in [1.165, 1.54) is 30.2 Å². The highest BCUT2D eigenvalue weighted by Gasteiger charge is 2.28. The molecule has 0 atom stereocenters. The number of nitrogens with zero attached hydrogens (tertiary/aromatic N) is 2. The lowest BCUT2D eigenvalue weighted by Crippen LogP contribution is -2.44. The minimum Gasteiger partial charge on any atom is -0.361 e. The first-order chi connectivity index (χ1) is 16.6. The molecule has 4 nitrogen and oxygen atoms in total. The Hall–Kier alpha value is -2.73. The number of carbonyl (C=O) groups is 1. The number of nitrogens with one attached hydrogen (secondary N) is 1. The lowest BCUT2D eigenvalue weighted by atomic mass is 9.88. The fourth-order valence-electron chi connectivity index (χ4n) is 5.73. The average molecular weight is 466 g/mol. The Bertz CT molecular complexity index is 1110. The van der Waals surface area contributed by atoms with Gasteiger partial charge in [-0.05, 0) is 92.7 Å². The van der Waals surface area contributed by atoms with Crippen LogP contribution in [-0.2, 0) is 4.79 Å². The molecule has 0 radical (unpaired) electrons. The Balaban J connectivity index is 1.22. The van der Waals surface area contributed by atoms with Gasteiger partial charge in [-0.3, -0.25) is 4.79 Å². The first-order valence-corrected chi connectivity index (χ1v) is 12.6. The smallest absolute Gasteiger partial charge is 0.230 e. The fourth-order valence-corrected chi connectivity index (χ4v) is 5.73. The standard InChI is InChI=1S/C28H33F2N3O/c29-22-6-9-24(10-7-22)33(28(34)21-4-2-1-3-5-21)17-16-32-14-12-20(13-15-32)26-19-31-27-18-23(30)8-11-25(26)27/h6-11,18-21,31H,1-5,12-17H2. The number of likely N-dealkylation sites (tertiary alicyclic amines) is 1. The van der Waals surface area contributed by atoms with Crippen molar-refractivity contribution in [1.29, 1.82) is 0 Å². The van der Waals surface area contributed by atoms with Crippen LogP contribution in [0.1, 0.15) is 56.4 Å². The second-order valence-corrected chi connectivity index (χ2v) is 9.85. The summed E-state index contributed by atoms with van der Waals surface area (Å²) in [5.74, 6) is 0.219. The Morgan fingerprint density at radius 3 is 2.38 bits per heavy atom. The maximum absolute atomic E-state index is 13.5. The second kappa shape index (κ2) is 10.3. The lowest BCUT2D eigenvalue weighted by Gasteiger charge is -2.35. The second-order valence-electron chi connectivity index (χ2n) is 9.85. The van der Waals surface area contributed by atoms with Crippen LogP contribution in [0.5, 0.6) is 0 Å². The average Bonchev–Trinajstić information content (AvgIpc) is 3.29. The molecule has 180 valence electrons. The van der Waals surface area contributed by atoms with E-state index in [0.717, 1.165) is 74.7 Å². The number of hydrogen-bond acceptors (Lipinski definition) is 2. The number of amides is 1. The zero-order chi connectivity index (χ0) is 23.5. The topological polar surface area (TPSA) is 39.3 Å². The number of H-pyrrole nitrogens is 1. The zero-order valence-electron chi connectivity index (χ0n) is 19.6. The van der Waals surface area contributed by atoms with E-state index in [1.54, 1.807) is 18.2 Å². The maximum atomic E-state index is 13.5. The molecule has 1 N–H and O–H groups in total. The first kappa shape index (κ1) is 23.0. The van der Waals surface area contributed by atoms with Gasteiger partial charge >= 0.3 is 0 Å². The molecule has 34 heavy (non-hydrogen) atoms. The number of anilines is 1. The van der Waals surface area contributed by atoms with Crippen molar-refractivity contribution >= 4 is 22.5 Å². The van der Waals surface area contributed by atoms with Crippen LogP contribution in [0.25, 0.3) is 10.9 Å². The van der Waals surface area contributed by atoms with Crippen molar-refractivity contribution in [3.63, 3.8) is 0 Å². The molecule has 0 unspecified atom stereocenters. The van der Waals surface area contributed by atoms with E-state index in [4.69, 9.17) is 0 Å². The minimum absolute atomic E-state index is 0.0799. The van der Waals surface area contributed by atoms with E-state index in [2.05, 4.69) is 9.88 Å². The van der Waals surface area contributed by atoms with Gasteiger partial charge in [0.1, 0.15) is 11.6 Å². The van der Waals surface area contributed by atoms with Crippen LogP contribution < -0.4 is 4.90 Å². The van der Waals surface area contributed by atoms with Crippen LogP contribution >= 0.6 is 0 Å². The molecule has 0 bridgehead atoms. The van der Waals surface area contributed by atoms with E-state index in [-0.39, 0.29) is 23.5 Å². The summed E-state index contributed by atoms with van der Waals surface area (Å²) >= 11 is 0. The third kappa shape index (κ3) is 5.02. The summed E-state index contributed by atoms with van der Waals surface area (Å²) in [4.78, 5) is 20.9. The highest BCUT2D eigenvalue weighted by molar-refractivity contribution is 5.95. The summed E-state index contributed by atoms with van der Waals surface area (Å²) in [7, 11) is 0. The van der Waals surface area contributed by atoms with Gasteiger partial charge in [-0.25, -0.2) is 8.78 Å². The van der Waals surface area contributed by atoms with Crippen molar-refractivity contribution in [2.75, 3.05) is 31.1 Å². The molecule has 2 aromatic carbocycles. The van der Waals surface area contributed by atoms with Crippen LogP contribution in [-0.4, -0.2) is 42.0 Å². The highest BCUT2D eigenvalue weighted by atomic mass is 19.1. The number of fused-ring (bicyclic) bond motifs is 1. The molecular formula is C28H33F2N3O. The predicted octanol–water partition coefficient (Wildman–Crippen LogP) is 6.24. The molecule has 6 heteroatoms. The Morgan fingerprint density at radius 2 is 1.65 bits per heavy atom. The summed E-state index contributed by atoms with van der Waals surface area (Å²) in [5.41, 5.74) is 2.92. The fraction of sp³-hybridized carbons (Fsp3) is 0.464. The molecule has 3 aromatic rings. The molecule has 2 fully saturated rings. The molecule has 1 aromatic heterocycles. The van der Waals surface area contributed by atoms with E-state index in [1.807, 2.05) is 17.2 Å². The number of benzene rings is 2. The molecular weight excluding hydrogens is 432 g/mol. The van der Waals surface area contributed by atoms with Gasteiger partial charge in [-0.1, -0.05) is 19.3 Å². The van der Waals surface area contributed by atoms with Gasteiger partial charge in [0.2, 0.25) is 5.91 Å². The number of rotatable bonds is 6. The number of piperidine rings is 1. The summed E-state index contributed by atoms with van der Waals surface area (Å²) in [6.45, 7) is 3.36. The highest BCUT2D eigenvalue weighted by Crippen LogP contribution is 2.34. The zero-order valence-corrected chi connectivity index (χ0v) is 19.6. The summed E-state index contributed by atoms with van der Waals surface area (Å²) in [5, 5.41) is 1.11. The molecule has 2 aliphatic rings. The molecule has 1 aliphatic heterocycles. The number of carbonyl (C=O) groups excluding carboxylic acids is 1. The Kier molecular flexibility index (Phi) is 6.95. The maximum Gasteiger partial charge on any atom is 0.230 e. The molecule has 2 heterocycles. The van der Waals surface area contributed by atoms with Crippen molar-refractivity contribution in [2.45, 2.75) is 50.9 Å². The van der Waals surface area contributed by atoms with Gasteiger partial charge in [-0.2, -0.15) is 0 Å². The molecule has 0 spiro atoms. The monoisotopic (exact) mass is 465 g/mol. The predicted molar refractivity (Wildman–Crippen MR) is 132 cm³/mol. The van der Waals surface area contributed by atoms with Crippen molar-refractivity contribution in [3.8, 4) is 0 Å². The molecule has 1 saturated carbocycles. The quantitative estimate of drug-likeness (QED) is 0.468. The first-order valence-electron chi connectivity index (χ1n) is 12.6. The van der Waals surface area contributed by atoms with E-state index < -0.39 is 0 Å². The van der Waals surface area contributed by atoms with Crippen LogP contribution in [0.2, 0.25) is 0 Å². The van der Waals surface area contributed by atoms with Crippen LogP contribution in [0.15, 0.2) is 48.7 Å². The van der Waals surface area contributed by atoms with E-state index in [9.17, 15) is 13.6 Å². The molecule has 1 saturated heterocycles. The largest absolute Gasteiger partial charge is 0.361 e. The number of hydrogen-bond donors (Lipinski definition) is 1. The van der Waals surface area contributed by atoms with E-state index in [0.29, 0.717) is 12.5 Å². The van der Waals surface area contributed by atoms with Crippen molar-refractivity contribution < 1.29 is 13.6 Å². The van der Waals surface area contributed by atoms with Gasteiger partial charge in [0, 0.05) is 41.8 Å². The van der Waals surface area contributed by atoms with Gasteiger partial charge in [0.25, 0.3) is 0 Å². The van der Waals surface area contributed by atoms with Gasteiger partial charge in [-0.15, -0.1) is 0 Å². The third-order valence-corrected chi connectivity index (χ3v) is 7.70. The van der Waals surface area contributed by atoms with Crippen molar-refractivity contribution in [1.82, 2.24) is 9.88 Å². The Morgan fingerprint density at radius 1 is 0.941 bits per heavy atom.